The van der Waals surface area contributed by atoms with Crippen LogP contribution in [0.1, 0.15) is 12.0 Å². The molecule has 0 aliphatic carbocycles. The molecule has 1 heterocycles. The minimum absolute atomic E-state index is 0.0397. The molecule has 4 nitrogen and oxygen atoms in total. The highest BCUT2D eigenvalue weighted by Crippen LogP contribution is 2.13. The second-order valence-electron chi connectivity index (χ2n) is 4.39. The summed E-state index contributed by atoms with van der Waals surface area (Å²) in [6, 6.07) is 7.58. The van der Waals surface area contributed by atoms with E-state index in [-0.39, 0.29) is 11.9 Å². The Morgan fingerprint density at radius 3 is 3.00 bits per heavy atom. The highest BCUT2D eigenvalue weighted by atomic mass is 16.5. The highest BCUT2D eigenvalue weighted by molar-refractivity contribution is 5.83. The zero-order chi connectivity index (χ0) is 12.3. The normalized spacial score (nSPS) is 19.8. The molecule has 1 aliphatic rings. The maximum atomic E-state index is 11.5. The number of carbonyl (C=O) groups is 1. The van der Waals surface area contributed by atoms with Crippen LogP contribution in [0.3, 0.4) is 0 Å². The predicted molar refractivity (Wildman–Crippen MR) is 65.8 cm³/mol. The lowest BCUT2D eigenvalue weighted by Gasteiger charge is -2.16. The Bertz CT molecular complexity index is 406. The van der Waals surface area contributed by atoms with Crippen LogP contribution in [0.4, 0.5) is 0 Å². The molecule has 0 saturated carbocycles. The van der Waals surface area contributed by atoms with Gasteiger partial charge < -0.3 is 15.4 Å². The number of amides is 1. The van der Waals surface area contributed by atoms with Crippen LogP contribution >= 0.6 is 0 Å². The first-order valence-electron chi connectivity index (χ1n) is 5.90. The Morgan fingerprint density at radius 1 is 1.53 bits per heavy atom. The lowest BCUT2D eigenvalue weighted by Crippen LogP contribution is -2.36. The lowest BCUT2D eigenvalue weighted by molar-refractivity contribution is -0.129. The third kappa shape index (κ3) is 2.97. The van der Waals surface area contributed by atoms with E-state index in [0.29, 0.717) is 13.2 Å². The summed E-state index contributed by atoms with van der Waals surface area (Å²) in [5, 5.41) is 0. The molecule has 0 bridgehead atoms. The van der Waals surface area contributed by atoms with Gasteiger partial charge in [0.15, 0.2) is 0 Å². The Hall–Kier alpha value is -1.55. The van der Waals surface area contributed by atoms with Crippen LogP contribution in [-0.2, 0) is 4.79 Å². The van der Waals surface area contributed by atoms with E-state index in [0.717, 1.165) is 18.7 Å². The number of nitrogens with zero attached hydrogens (tertiary/aromatic N) is 1. The van der Waals surface area contributed by atoms with Crippen LogP contribution in [0, 0.1) is 6.92 Å². The number of nitrogens with two attached hydrogens (primary N) is 1. The van der Waals surface area contributed by atoms with Gasteiger partial charge in [0.2, 0.25) is 5.91 Å². The number of carbonyl (C=O) groups excluding carboxylic acids is 1. The monoisotopic (exact) mass is 234 g/mol. The number of ether oxygens (including phenoxy) is 1. The van der Waals surface area contributed by atoms with Crippen LogP contribution in [0.25, 0.3) is 0 Å². The van der Waals surface area contributed by atoms with Gasteiger partial charge in [0.1, 0.15) is 12.4 Å². The number of benzene rings is 1. The zero-order valence-corrected chi connectivity index (χ0v) is 10.1. The minimum atomic E-state index is -0.311. The second-order valence-corrected chi connectivity index (χ2v) is 4.39. The molecule has 4 heteroatoms. The van der Waals surface area contributed by atoms with E-state index in [2.05, 4.69) is 0 Å². The molecule has 1 aromatic rings. The number of hydrogen-bond donors (Lipinski definition) is 1. The van der Waals surface area contributed by atoms with E-state index in [1.165, 1.54) is 5.56 Å². The Balaban J connectivity index is 1.78. The molecule has 1 amide bonds. The van der Waals surface area contributed by atoms with Crippen molar-refractivity contribution >= 4 is 5.91 Å². The maximum Gasteiger partial charge on any atom is 0.239 e. The Kier molecular flexibility index (Phi) is 3.64. The third-order valence-corrected chi connectivity index (χ3v) is 2.96. The molecular weight excluding hydrogens is 216 g/mol. The maximum absolute atomic E-state index is 11.5. The predicted octanol–water partition coefficient (Wildman–Crippen LogP) is 0.933. The summed E-state index contributed by atoms with van der Waals surface area (Å²) in [6.45, 7) is 3.90. The fourth-order valence-electron chi connectivity index (χ4n) is 1.96. The molecule has 1 saturated heterocycles. The van der Waals surface area contributed by atoms with Crippen molar-refractivity contribution < 1.29 is 9.53 Å². The van der Waals surface area contributed by atoms with Crippen LogP contribution in [0.5, 0.6) is 5.75 Å². The van der Waals surface area contributed by atoms with E-state index in [1.807, 2.05) is 31.2 Å². The van der Waals surface area contributed by atoms with Crippen molar-refractivity contribution in [1.82, 2.24) is 4.90 Å². The van der Waals surface area contributed by atoms with E-state index in [9.17, 15) is 4.79 Å². The average molecular weight is 234 g/mol. The summed E-state index contributed by atoms with van der Waals surface area (Å²) in [7, 11) is 0. The van der Waals surface area contributed by atoms with Crippen LogP contribution in [-0.4, -0.2) is 36.5 Å². The fourth-order valence-corrected chi connectivity index (χ4v) is 1.96. The van der Waals surface area contributed by atoms with Gasteiger partial charge in [0.25, 0.3) is 0 Å². The summed E-state index contributed by atoms with van der Waals surface area (Å²) < 4.78 is 5.60. The van der Waals surface area contributed by atoms with Gasteiger partial charge in [-0.1, -0.05) is 12.1 Å². The van der Waals surface area contributed by atoms with E-state index >= 15 is 0 Å². The minimum Gasteiger partial charge on any atom is -0.492 e. The number of likely N-dealkylation sites (tertiary alicyclic amines) is 1. The quantitative estimate of drug-likeness (QED) is 0.843. The number of aryl methyl sites for hydroxylation is 1. The summed E-state index contributed by atoms with van der Waals surface area (Å²) in [5.41, 5.74) is 6.81. The largest absolute Gasteiger partial charge is 0.492 e. The number of rotatable bonds is 4. The van der Waals surface area contributed by atoms with E-state index in [1.54, 1.807) is 4.90 Å². The zero-order valence-electron chi connectivity index (χ0n) is 10.1. The Labute approximate surface area is 101 Å². The van der Waals surface area contributed by atoms with Crippen molar-refractivity contribution in [3.05, 3.63) is 29.8 Å². The third-order valence-electron chi connectivity index (χ3n) is 2.96. The van der Waals surface area contributed by atoms with E-state index < -0.39 is 0 Å². The first kappa shape index (κ1) is 11.9. The van der Waals surface area contributed by atoms with Gasteiger partial charge in [-0.3, -0.25) is 4.79 Å². The van der Waals surface area contributed by atoms with Crippen molar-refractivity contribution in [3.8, 4) is 5.75 Å². The molecule has 1 atom stereocenters. The van der Waals surface area contributed by atoms with Gasteiger partial charge >= 0.3 is 0 Å². The molecule has 17 heavy (non-hydrogen) atoms. The van der Waals surface area contributed by atoms with Gasteiger partial charge in [-0.05, 0) is 31.0 Å². The molecule has 92 valence electrons. The Morgan fingerprint density at radius 2 is 2.35 bits per heavy atom. The van der Waals surface area contributed by atoms with Crippen LogP contribution in [0.2, 0.25) is 0 Å². The lowest BCUT2D eigenvalue weighted by atomic mass is 10.2. The molecule has 1 fully saturated rings. The molecule has 1 unspecified atom stereocenters. The van der Waals surface area contributed by atoms with Gasteiger partial charge in [0.05, 0.1) is 12.6 Å². The van der Waals surface area contributed by atoms with Crippen molar-refractivity contribution in [2.75, 3.05) is 19.7 Å². The highest BCUT2D eigenvalue weighted by Gasteiger charge is 2.27. The van der Waals surface area contributed by atoms with Crippen molar-refractivity contribution in [2.24, 2.45) is 5.73 Å². The second kappa shape index (κ2) is 5.19. The smallest absolute Gasteiger partial charge is 0.239 e. The molecule has 0 spiro atoms. The van der Waals surface area contributed by atoms with Gasteiger partial charge in [-0.2, -0.15) is 0 Å². The summed E-state index contributed by atoms with van der Waals surface area (Å²) in [4.78, 5) is 13.3. The topological polar surface area (TPSA) is 55.6 Å². The molecule has 2 rings (SSSR count). The first-order chi connectivity index (χ1) is 8.16. The molecule has 0 aromatic heterocycles. The standard InChI is InChI=1S/C13H18N2O2/c1-10-3-2-4-11(9-10)17-8-7-15-6-5-12(14)13(15)16/h2-4,9,12H,5-8,14H2,1H3. The molecular formula is C13H18N2O2. The molecule has 2 N–H and O–H groups in total. The summed E-state index contributed by atoms with van der Waals surface area (Å²) >= 11 is 0. The number of hydrogen-bond acceptors (Lipinski definition) is 3. The van der Waals surface area contributed by atoms with Gasteiger partial charge in [-0.15, -0.1) is 0 Å². The van der Waals surface area contributed by atoms with E-state index in [4.69, 9.17) is 10.5 Å². The molecule has 0 radical (unpaired) electrons. The summed E-state index contributed by atoms with van der Waals surface area (Å²) in [5.74, 6) is 0.888. The van der Waals surface area contributed by atoms with Crippen molar-refractivity contribution in [1.29, 1.82) is 0 Å². The summed E-state index contributed by atoms with van der Waals surface area (Å²) in [6.07, 6.45) is 0.753. The van der Waals surface area contributed by atoms with Crippen molar-refractivity contribution in [2.45, 2.75) is 19.4 Å². The van der Waals surface area contributed by atoms with Crippen LogP contribution < -0.4 is 10.5 Å². The van der Waals surface area contributed by atoms with Crippen molar-refractivity contribution in [3.63, 3.8) is 0 Å². The SMILES string of the molecule is Cc1cccc(OCCN2CCC(N)C2=O)c1. The van der Waals surface area contributed by atoms with Gasteiger partial charge in [-0.25, -0.2) is 0 Å². The van der Waals surface area contributed by atoms with Crippen LogP contribution in [0.15, 0.2) is 24.3 Å². The fraction of sp³-hybridized carbons (Fsp3) is 0.462. The first-order valence-corrected chi connectivity index (χ1v) is 5.90. The average Bonchev–Trinajstić information content (AvgIpc) is 2.61. The van der Waals surface area contributed by atoms with Gasteiger partial charge in [0, 0.05) is 6.54 Å². The molecule has 1 aliphatic heterocycles. The molecule has 1 aromatic carbocycles.